The minimum atomic E-state index is 0.0941. The lowest BCUT2D eigenvalue weighted by molar-refractivity contribution is -0.130. The van der Waals surface area contributed by atoms with Crippen LogP contribution in [0.2, 0.25) is 0 Å². The minimum absolute atomic E-state index is 0.0941. The Labute approximate surface area is 92.2 Å². The van der Waals surface area contributed by atoms with Crippen molar-refractivity contribution < 1.29 is 4.79 Å². The molecule has 2 atom stereocenters. The molecule has 2 rings (SSSR count). The summed E-state index contributed by atoms with van der Waals surface area (Å²) in [4.78, 5) is 14.0. The van der Waals surface area contributed by atoms with Gasteiger partial charge >= 0.3 is 0 Å². The number of nitrogens with zero attached hydrogens (tertiary/aromatic N) is 1. The quantitative estimate of drug-likeness (QED) is 0.749. The van der Waals surface area contributed by atoms with Crippen LogP contribution in [0.5, 0.6) is 0 Å². The zero-order chi connectivity index (χ0) is 10.8. The molecule has 0 radical (unpaired) electrons. The third-order valence-electron chi connectivity index (χ3n) is 3.57. The van der Waals surface area contributed by atoms with Gasteiger partial charge < -0.3 is 4.90 Å². The van der Waals surface area contributed by atoms with Crippen molar-refractivity contribution in [1.82, 2.24) is 10.2 Å². The molecule has 1 amide bonds. The maximum atomic E-state index is 12.0. The highest BCUT2D eigenvalue weighted by Gasteiger charge is 2.35. The van der Waals surface area contributed by atoms with Crippen molar-refractivity contribution in [3.05, 3.63) is 0 Å². The second kappa shape index (κ2) is 4.52. The summed E-state index contributed by atoms with van der Waals surface area (Å²) in [6.07, 6.45) is 6.00. The zero-order valence-corrected chi connectivity index (χ0v) is 9.83. The van der Waals surface area contributed by atoms with Crippen LogP contribution < -0.4 is 5.32 Å². The Morgan fingerprint density at radius 2 is 2.27 bits per heavy atom. The molecule has 1 N–H and O–H groups in total. The molecule has 15 heavy (non-hydrogen) atoms. The normalized spacial score (nSPS) is 28.5. The number of carbonyl (C=O) groups is 1. The Balaban J connectivity index is 1.84. The van der Waals surface area contributed by atoms with Crippen LogP contribution in [0.1, 0.15) is 46.0 Å². The fourth-order valence-corrected chi connectivity index (χ4v) is 2.42. The van der Waals surface area contributed by atoms with E-state index in [1.54, 1.807) is 0 Å². The van der Waals surface area contributed by atoms with E-state index in [1.165, 1.54) is 19.3 Å². The molecule has 2 fully saturated rings. The fraction of sp³-hybridized carbons (Fsp3) is 0.917. The number of hydrogen-bond donors (Lipinski definition) is 1. The Morgan fingerprint density at radius 1 is 1.53 bits per heavy atom. The van der Waals surface area contributed by atoms with Crippen LogP contribution in [-0.2, 0) is 4.79 Å². The molecule has 2 unspecified atom stereocenters. The van der Waals surface area contributed by atoms with E-state index in [-0.39, 0.29) is 6.04 Å². The SMILES string of the molecule is CCCC1NCN(C(C)CC2CC2)C1=O. The van der Waals surface area contributed by atoms with E-state index < -0.39 is 0 Å². The topological polar surface area (TPSA) is 32.3 Å². The van der Waals surface area contributed by atoms with E-state index in [0.29, 0.717) is 11.9 Å². The van der Waals surface area contributed by atoms with Crippen molar-refractivity contribution >= 4 is 5.91 Å². The molecule has 0 spiro atoms. The predicted octanol–water partition coefficient (Wildman–Crippen LogP) is 1.73. The van der Waals surface area contributed by atoms with Crippen molar-refractivity contribution in [2.75, 3.05) is 6.67 Å². The van der Waals surface area contributed by atoms with Gasteiger partial charge in [-0.15, -0.1) is 0 Å². The van der Waals surface area contributed by atoms with E-state index in [9.17, 15) is 4.79 Å². The largest absolute Gasteiger partial charge is 0.326 e. The lowest BCUT2D eigenvalue weighted by atomic mass is 10.1. The Hall–Kier alpha value is -0.570. The van der Waals surface area contributed by atoms with Gasteiger partial charge in [0.2, 0.25) is 5.91 Å². The fourth-order valence-electron chi connectivity index (χ4n) is 2.42. The molecule has 1 aliphatic heterocycles. The summed E-state index contributed by atoms with van der Waals surface area (Å²) in [5, 5.41) is 3.31. The summed E-state index contributed by atoms with van der Waals surface area (Å²) < 4.78 is 0. The van der Waals surface area contributed by atoms with Gasteiger partial charge in [0.15, 0.2) is 0 Å². The van der Waals surface area contributed by atoms with Gasteiger partial charge in [-0.05, 0) is 25.7 Å². The summed E-state index contributed by atoms with van der Waals surface area (Å²) in [5.74, 6) is 1.23. The van der Waals surface area contributed by atoms with Crippen LogP contribution in [0.3, 0.4) is 0 Å². The third-order valence-corrected chi connectivity index (χ3v) is 3.57. The first kappa shape index (κ1) is 10.9. The third kappa shape index (κ3) is 2.51. The molecule has 2 aliphatic rings. The van der Waals surface area contributed by atoms with Crippen molar-refractivity contribution in [2.45, 2.75) is 58.0 Å². The summed E-state index contributed by atoms with van der Waals surface area (Å²) in [7, 11) is 0. The monoisotopic (exact) mass is 210 g/mol. The van der Waals surface area contributed by atoms with E-state index in [4.69, 9.17) is 0 Å². The number of rotatable bonds is 5. The van der Waals surface area contributed by atoms with Crippen LogP contribution in [-0.4, -0.2) is 29.6 Å². The minimum Gasteiger partial charge on any atom is -0.326 e. The maximum Gasteiger partial charge on any atom is 0.241 e. The second-order valence-corrected chi connectivity index (χ2v) is 5.04. The smallest absolute Gasteiger partial charge is 0.241 e. The highest BCUT2D eigenvalue weighted by Crippen LogP contribution is 2.35. The van der Waals surface area contributed by atoms with Gasteiger partial charge in [-0.3, -0.25) is 10.1 Å². The number of nitrogens with one attached hydrogen (secondary N) is 1. The zero-order valence-electron chi connectivity index (χ0n) is 9.83. The van der Waals surface area contributed by atoms with Gasteiger partial charge in [-0.1, -0.05) is 26.2 Å². The van der Waals surface area contributed by atoms with Gasteiger partial charge in [0.05, 0.1) is 12.7 Å². The lowest BCUT2D eigenvalue weighted by Crippen LogP contribution is -2.37. The number of carbonyl (C=O) groups excluding carboxylic acids is 1. The van der Waals surface area contributed by atoms with E-state index in [2.05, 4.69) is 19.2 Å². The molecular formula is C12H22N2O. The van der Waals surface area contributed by atoms with Gasteiger partial charge in [0.1, 0.15) is 0 Å². The summed E-state index contributed by atoms with van der Waals surface area (Å²) >= 11 is 0. The molecule has 0 aromatic carbocycles. The predicted molar refractivity (Wildman–Crippen MR) is 60.3 cm³/mol. The Bertz CT molecular complexity index is 238. The average Bonchev–Trinajstić information content (AvgIpc) is 2.93. The standard InChI is InChI=1S/C12H22N2O/c1-3-4-11-12(15)14(8-13-11)9(2)7-10-5-6-10/h9-11,13H,3-8H2,1-2H3. The van der Waals surface area contributed by atoms with Crippen LogP contribution in [0.15, 0.2) is 0 Å². The first-order chi connectivity index (χ1) is 7.22. The number of amides is 1. The molecule has 3 nitrogen and oxygen atoms in total. The van der Waals surface area contributed by atoms with Gasteiger partial charge in [-0.25, -0.2) is 0 Å². The lowest BCUT2D eigenvalue weighted by Gasteiger charge is -2.23. The van der Waals surface area contributed by atoms with Gasteiger partial charge in [0.25, 0.3) is 0 Å². The molecule has 3 heteroatoms. The summed E-state index contributed by atoms with van der Waals surface area (Å²) in [6, 6.07) is 0.524. The van der Waals surface area contributed by atoms with Crippen LogP contribution in [0, 0.1) is 5.92 Å². The van der Waals surface area contributed by atoms with Crippen LogP contribution in [0.25, 0.3) is 0 Å². The average molecular weight is 210 g/mol. The number of hydrogen-bond acceptors (Lipinski definition) is 2. The molecular weight excluding hydrogens is 188 g/mol. The van der Waals surface area contributed by atoms with E-state index in [1.807, 2.05) is 4.90 Å². The molecule has 1 heterocycles. The van der Waals surface area contributed by atoms with Gasteiger partial charge in [0, 0.05) is 6.04 Å². The summed E-state index contributed by atoms with van der Waals surface area (Å²) in [6.45, 7) is 5.08. The van der Waals surface area contributed by atoms with Crippen molar-refractivity contribution in [2.24, 2.45) is 5.92 Å². The molecule has 0 aromatic heterocycles. The van der Waals surface area contributed by atoms with Gasteiger partial charge in [-0.2, -0.15) is 0 Å². The molecule has 86 valence electrons. The first-order valence-electron chi connectivity index (χ1n) is 6.26. The van der Waals surface area contributed by atoms with Crippen LogP contribution in [0.4, 0.5) is 0 Å². The molecule has 0 bridgehead atoms. The second-order valence-electron chi connectivity index (χ2n) is 5.04. The highest BCUT2D eigenvalue weighted by molar-refractivity contribution is 5.84. The summed E-state index contributed by atoms with van der Waals surface area (Å²) in [5.41, 5.74) is 0. The molecule has 0 aromatic rings. The van der Waals surface area contributed by atoms with Crippen molar-refractivity contribution in [1.29, 1.82) is 0 Å². The molecule has 1 saturated heterocycles. The Morgan fingerprint density at radius 3 is 2.87 bits per heavy atom. The highest BCUT2D eigenvalue weighted by atomic mass is 16.2. The maximum absolute atomic E-state index is 12.0. The molecule has 1 saturated carbocycles. The first-order valence-corrected chi connectivity index (χ1v) is 6.26. The van der Waals surface area contributed by atoms with Crippen LogP contribution >= 0.6 is 0 Å². The van der Waals surface area contributed by atoms with Crippen molar-refractivity contribution in [3.63, 3.8) is 0 Å². The van der Waals surface area contributed by atoms with Crippen molar-refractivity contribution in [3.8, 4) is 0 Å². The van der Waals surface area contributed by atoms with E-state index >= 15 is 0 Å². The molecule has 1 aliphatic carbocycles. The van der Waals surface area contributed by atoms with E-state index in [0.717, 1.165) is 25.4 Å². The Kier molecular flexibility index (Phi) is 3.29.